The third-order valence-corrected chi connectivity index (χ3v) is 5.50. The van der Waals surface area contributed by atoms with E-state index >= 15 is 0 Å². The molecule has 27 heavy (non-hydrogen) atoms. The molecular formula is C18H31IN4O3S. The molecule has 0 bridgehead atoms. The molecule has 0 aromatic heterocycles. The number of benzene rings is 1. The van der Waals surface area contributed by atoms with E-state index in [2.05, 4.69) is 20.3 Å². The first-order chi connectivity index (χ1) is 12.5. The van der Waals surface area contributed by atoms with Crippen molar-refractivity contribution >= 4 is 40.0 Å². The SMILES string of the molecule is CCNC(=NCc1ccc(S(=O)(=O)NC)cc1)NCCCOCC1CC1.I. The van der Waals surface area contributed by atoms with Crippen molar-refractivity contribution in [1.29, 1.82) is 0 Å². The second-order valence-electron chi connectivity index (χ2n) is 6.35. The fraction of sp³-hybridized carbons (Fsp3) is 0.611. The Labute approximate surface area is 179 Å². The Kier molecular flexibility index (Phi) is 11.2. The van der Waals surface area contributed by atoms with Crippen LogP contribution in [0.2, 0.25) is 0 Å². The number of nitrogens with zero attached hydrogens (tertiary/aromatic N) is 1. The summed E-state index contributed by atoms with van der Waals surface area (Å²) in [6.45, 7) is 5.75. The normalized spacial score (nSPS) is 14.5. The minimum atomic E-state index is -3.40. The van der Waals surface area contributed by atoms with Crippen molar-refractivity contribution in [1.82, 2.24) is 15.4 Å². The average molecular weight is 510 g/mol. The van der Waals surface area contributed by atoms with E-state index in [9.17, 15) is 8.42 Å². The maximum Gasteiger partial charge on any atom is 0.240 e. The number of hydrogen-bond acceptors (Lipinski definition) is 4. The number of rotatable bonds is 11. The van der Waals surface area contributed by atoms with Crippen LogP contribution in [0.15, 0.2) is 34.2 Å². The van der Waals surface area contributed by atoms with E-state index in [-0.39, 0.29) is 28.9 Å². The van der Waals surface area contributed by atoms with Gasteiger partial charge in [-0.15, -0.1) is 24.0 Å². The number of nitrogens with one attached hydrogen (secondary N) is 3. The molecule has 0 aliphatic heterocycles. The van der Waals surface area contributed by atoms with Gasteiger partial charge in [0.25, 0.3) is 0 Å². The first kappa shape index (κ1) is 24.1. The molecule has 0 radical (unpaired) electrons. The van der Waals surface area contributed by atoms with Crippen LogP contribution < -0.4 is 15.4 Å². The van der Waals surface area contributed by atoms with Gasteiger partial charge in [-0.3, -0.25) is 0 Å². The highest BCUT2D eigenvalue weighted by atomic mass is 127. The summed E-state index contributed by atoms with van der Waals surface area (Å²) in [5.74, 6) is 1.55. The number of sulfonamides is 1. The maximum absolute atomic E-state index is 11.7. The first-order valence-corrected chi connectivity index (χ1v) is 10.7. The molecule has 1 aromatic rings. The monoisotopic (exact) mass is 510 g/mol. The van der Waals surface area contributed by atoms with Gasteiger partial charge in [-0.05, 0) is 56.8 Å². The summed E-state index contributed by atoms with van der Waals surface area (Å²) < 4.78 is 31.4. The zero-order valence-corrected chi connectivity index (χ0v) is 19.2. The molecule has 1 saturated carbocycles. The standard InChI is InChI=1S/C18H30N4O3S.HI/c1-3-20-18(21-11-4-12-25-14-16-5-6-16)22-13-15-7-9-17(10-8-15)26(23,24)19-2;/h7-10,16,19H,3-6,11-14H2,1-2H3,(H2,20,21,22);1H. The van der Waals surface area contributed by atoms with Crippen molar-refractivity contribution in [3.63, 3.8) is 0 Å². The van der Waals surface area contributed by atoms with Crippen LogP contribution in [-0.4, -0.2) is 47.7 Å². The highest BCUT2D eigenvalue weighted by molar-refractivity contribution is 14.0. The fourth-order valence-corrected chi connectivity index (χ4v) is 3.05. The molecule has 9 heteroatoms. The van der Waals surface area contributed by atoms with Gasteiger partial charge in [-0.2, -0.15) is 0 Å². The third-order valence-electron chi connectivity index (χ3n) is 4.07. The molecule has 154 valence electrons. The Morgan fingerprint density at radius 3 is 2.52 bits per heavy atom. The molecule has 2 rings (SSSR count). The van der Waals surface area contributed by atoms with Crippen molar-refractivity contribution in [2.24, 2.45) is 10.9 Å². The Bertz CT molecular complexity index is 676. The summed E-state index contributed by atoms with van der Waals surface area (Å²) in [5, 5.41) is 6.50. The predicted octanol–water partition coefficient (Wildman–Crippen LogP) is 2.08. The maximum atomic E-state index is 11.7. The summed E-state index contributed by atoms with van der Waals surface area (Å²) in [5.41, 5.74) is 0.949. The highest BCUT2D eigenvalue weighted by Gasteiger charge is 2.20. The van der Waals surface area contributed by atoms with Crippen LogP contribution in [0.25, 0.3) is 0 Å². The molecule has 0 heterocycles. The topological polar surface area (TPSA) is 91.8 Å². The Balaban J connectivity index is 0.00000364. The summed E-state index contributed by atoms with van der Waals surface area (Å²) in [7, 11) is -2.00. The van der Waals surface area contributed by atoms with Gasteiger partial charge < -0.3 is 15.4 Å². The van der Waals surface area contributed by atoms with Crippen LogP contribution in [0.3, 0.4) is 0 Å². The number of ether oxygens (including phenoxy) is 1. The number of halogens is 1. The second-order valence-corrected chi connectivity index (χ2v) is 8.23. The molecule has 1 aromatic carbocycles. The highest BCUT2D eigenvalue weighted by Crippen LogP contribution is 2.28. The summed E-state index contributed by atoms with van der Waals surface area (Å²) in [6.07, 6.45) is 3.57. The van der Waals surface area contributed by atoms with E-state index in [0.717, 1.165) is 50.2 Å². The largest absolute Gasteiger partial charge is 0.381 e. The van der Waals surface area contributed by atoms with Gasteiger partial charge in [0.2, 0.25) is 10.0 Å². The summed E-state index contributed by atoms with van der Waals surface area (Å²) >= 11 is 0. The molecule has 0 saturated heterocycles. The van der Waals surface area contributed by atoms with E-state index < -0.39 is 10.0 Å². The molecule has 0 spiro atoms. The van der Waals surface area contributed by atoms with Crippen LogP contribution in [0.1, 0.15) is 31.7 Å². The van der Waals surface area contributed by atoms with Crippen LogP contribution in [0.4, 0.5) is 0 Å². The molecule has 3 N–H and O–H groups in total. The molecule has 1 aliphatic carbocycles. The smallest absolute Gasteiger partial charge is 0.240 e. The number of guanidine groups is 1. The Hall–Kier alpha value is -0.910. The third kappa shape index (κ3) is 9.22. The minimum Gasteiger partial charge on any atom is -0.381 e. The first-order valence-electron chi connectivity index (χ1n) is 9.17. The van der Waals surface area contributed by atoms with Gasteiger partial charge in [0.1, 0.15) is 0 Å². The van der Waals surface area contributed by atoms with E-state index in [1.807, 2.05) is 6.92 Å². The molecular weight excluding hydrogens is 479 g/mol. The average Bonchev–Trinajstić information content (AvgIpc) is 3.47. The zero-order chi connectivity index (χ0) is 18.8. The van der Waals surface area contributed by atoms with Crippen LogP contribution in [0, 0.1) is 5.92 Å². The van der Waals surface area contributed by atoms with Crippen molar-refractivity contribution in [2.75, 3.05) is 33.4 Å². The Morgan fingerprint density at radius 1 is 1.22 bits per heavy atom. The molecule has 1 fully saturated rings. The minimum absolute atomic E-state index is 0. The lowest BCUT2D eigenvalue weighted by Gasteiger charge is -2.11. The molecule has 7 nitrogen and oxygen atoms in total. The van der Waals surface area contributed by atoms with E-state index in [0.29, 0.717) is 6.54 Å². The fourth-order valence-electron chi connectivity index (χ4n) is 2.32. The van der Waals surface area contributed by atoms with Crippen molar-refractivity contribution in [2.45, 2.75) is 37.6 Å². The van der Waals surface area contributed by atoms with Gasteiger partial charge in [0, 0.05) is 26.3 Å². The van der Waals surface area contributed by atoms with Crippen LogP contribution in [-0.2, 0) is 21.3 Å². The van der Waals surface area contributed by atoms with Crippen molar-refractivity contribution in [3.8, 4) is 0 Å². The molecule has 0 atom stereocenters. The quantitative estimate of drug-likeness (QED) is 0.184. The van der Waals surface area contributed by atoms with Gasteiger partial charge in [-0.25, -0.2) is 18.1 Å². The lowest BCUT2D eigenvalue weighted by Crippen LogP contribution is -2.38. The van der Waals surface area contributed by atoms with Gasteiger partial charge in [0.15, 0.2) is 5.96 Å². The van der Waals surface area contributed by atoms with Crippen LogP contribution in [0.5, 0.6) is 0 Å². The van der Waals surface area contributed by atoms with E-state index in [4.69, 9.17) is 4.74 Å². The van der Waals surface area contributed by atoms with Gasteiger partial charge in [0.05, 0.1) is 11.4 Å². The number of hydrogen-bond donors (Lipinski definition) is 3. The van der Waals surface area contributed by atoms with Crippen molar-refractivity contribution in [3.05, 3.63) is 29.8 Å². The predicted molar refractivity (Wildman–Crippen MR) is 119 cm³/mol. The summed E-state index contributed by atoms with van der Waals surface area (Å²) in [4.78, 5) is 4.79. The van der Waals surface area contributed by atoms with Crippen LogP contribution >= 0.6 is 24.0 Å². The molecule has 1 aliphatic rings. The van der Waals surface area contributed by atoms with E-state index in [1.54, 1.807) is 24.3 Å². The Morgan fingerprint density at radius 2 is 1.93 bits per heavy atom. The van der Waals surface area contributed by atoms with Crippen molar-refractivity contribution < 1.29 is 13.2 Å². The molecule has 0 amide bonds. The lowest BCUT2D eigenvalue weighted by molar-refractivity contribution is 0.123. The zero-order valence-electron chi connectivity index (χ0n) is 16.0. The van der Waals surface area contributed by atoms with Gasteiger partial charge in [-0.1, -0.05) is 12.1 Å². The van der Waals surface area contributed by atoms with Gasteiger partial charge >= 0.3 is 0 Å². The number of aliphatic imine (C=N–C) groups is 1. The summed E-state index contributed by atoms with van der Waals surface area (Å²) in [6, 6.07) is 6.74. The second kappa shape index (κ2) is 12.5. The molecule has 0 unspecified atom stereocenters. The lowest BCUT2D eigenvalue weighted by atomic mass is 10.2. The van der Waals surface area contributed by atoms with E-state index in [1.165, 1.54) is 19.9 Å².